The fourth-order valence-corrected chi connectivity index (χ4v) is 3.05. The van der Waals surface area contributed by atoms with Gasteiger partial charge in [-0.2, -0.15) is 18.3 Å². The number of benzene rings is 1. The highest BCUT2D eigenvalue weighted by atomic mass is 19.4. The van der Waals surface area contributed by atoms with E-state index in [4.69, 9.17) is 11.6 Å². The number of hydrogen-bond acceptors (Lipinski definition) is 6. The van der Waals surface area contributed by atoms with Crippen molar-refractivity contribution in [3.8, 4) is 0 Å². The van der Waals surface area contributed by atoms with Gasteiger partial charge in [-0.1, -0.05) is 50.2 Å². The summed E-state index contributed by atoms with van der Waals surface area (Å²) in [6.45, 7) is 1.84. The number of aromatic amines is 1. The number of nitrogen functional groups attached to an aromatic ring is 1. The second kappa shape index (κ2) is 14.1. The Morgan fingerprint density at radius 1 is 1.06 bits per heavy atom. The SMILES string of the molecule is C1CCCCC1.CN.Cc1ccc2nc(C(F)(F)F)cc(NN)c2c1.NC(=O)c1cn[nH]c1. The van der Waals surface area contributed by atoms with Crippen LogP contribution < -0.4 is 22.7 Å². The van der Waals surface area contributed by atoms with Crippen LogP contribution in [0.5, 0.6) is 0 Å². The number of amides is 1. The third kappa shape index (κ3) is 9.46. The summed E-state index contributed by atoms with van der Waals surface area (Å²) in [5, 5.41) is 6.55. The van der Waals surface area contributed by atoms with E-state index in [0.29, 0.717) is 10.9 Å². The zero-order chi connectivity index (χ0) is 24.9. The first-order valence-corrected chi connectivity index (χ1v) is 10.5. The van der Waals surface area contributed by atoms with Gasteiger partial charge in [0.2, 0.25) is 0 Å². The lowest BCUT2D eigenvalue weighted by molar-refractivity contribution is -0.140. The van der Waals surface area contributed by atoms with Crippen molar-refractivity contribution in [2.45, 2.75) is 51.6 Å². The molecule has 2 heterocycles. The second-order valence-corrected chi connectivity index (χ2v) is 7.19. The zero-order valence-corrected chi connectivity index (χ0v) is 18.9. The van der Waals surface area contributed by atoms with Crippen LogP contribution in [0.1, 0.15) is 60.1 Å². The van der Waals surface area contributed by atoms with Crippen LogP contribution in [0.3, 0.4) is 0 Å². The molecule has 1 aliphatic rings. The normalized spacial score (nSPS) is 12.8. The van der Waals surface area contributed by atoms with Crippen LogP contribution in [0.4, 0.5) is 18.9 Å². The summed E-state index contributed by atoms with van der Waals surface area (Å²) in [7, 11) is 1.50. The molecule has 0 saturated heterocycles. The van der Waals surface area contributed by atoms with Crippen molar-refractivity contribution in [1.29, 1.82) is 0 Å². The minimum absolute atomic E-state index is 0.214. The largest absolute Gasteiger partial charge is 0.433 e. The second-order valence-electron chi connectivity index (χ2n) is 7.19. The molecule has 0 radical (unpaired) electrons. The highest BCUT2D eigenvalue weighted by Gasteiger charge is 2.33. The smallest absolute Gasteiger partial charge is 0.366 e. The van der Waals surface area contributed by atoms with Crippen molar-refractivity contribution in [3.05, 3.63) is 53.5 Å². The number of nitrogens with two attached hydrogens (primary N) is 3. The fraction of sp³-hybridized carbons (Fsp3) is 0.409. The third-order valence-electron chi connectivity index (χ3n) is 4.69. The maximum absolute atomic E-state index is 12.6. The molecule has 3 aromatic rings. The molecule has 1 fully saturated rings. The lowest BCUT2D eigenvalue weighted by Gasteiger charge is -2.11. The van der Waals surface area contributed by atoms with Gasteiger partial charge in [0.05, 0.1) is 23.0 Å². The van der Waals surface area contributed by atoms with E-state index in [9.17, 15) is 18.0 Å². The van der Waals surface area contributed by atoms with E-state index in [1.54, 1.807) is 18.2 Å². The van der Waals surface area contributed by atoms with Gasteiger partial charge < -0.3 is 16.9 Å². The van der Waals surface area contributed by atoms with E-state index in [2.05, 4.69) is 26.3 Å². The first-order valence-electron chi connectivity index (χ1n) is 10.5. The minimum Gasteiger partial charge on any atom is -0.366 e. The van der Waals surface area contributed by atoms with Gasteiger partial charge in [0.25, 0.3) is 5.91 Å². The summed E-state index contributed by atoms with van der Waals surface area (Å²) >= 11 is 0. The van der Waals surface area contributed by atoms with Gasteiger partial charge in [-0.3, -0.25) is 15.7 Å². The zero-order valence-electron chi connectivity index (χ0n) is 18.9. The number of fused-ring (bicyclic) bond motifs is 1. The number of anilines is 1. The molecule has 182 valence electrons. The van der Waals surface area contributed by atoms with E-state index in [1.807, 2.05) is 6.92 Å². The van der Waals surface area contributed by atoms with Gasteiger partial charge in [0.1, 0.15) is 5.69 Å². The average molecular weight is 468 g/mol. The molecule has 0 bridgehead atoms. The van der Waals surface area contributed by atoms with Crippen molar-refractivity contribution >= 4 is 22.5 Å². The highest BCUT2D eigenvalue weighted by Crippen LogP contribution is 2.32. The van der Waals surface area contributed by atoms with Crippen molar-refractivity contribution in [2.24, 2.45) is 17.3 Å². The standard InChI is InChI=1S/C11H10F3N3.C6H12.C4H5N3O.CH5N/c1-6-2-3-8-7(4-6)9(17-15)5-10(16-8)11(12,13)14;1-2-4-6-5-3-1;5-4(8)3-1-6-7-2-3;1-2/h2-5H,15H2,1H3,(H,16,17);1-6H2;1-2H,(H2,5,8)(H,6,7);2H2,1H3. The van der Waals surface area contributed by atoms with Crippen molar-refractivity contribution in [1.82, 2.24) is 15.2 Å². The third-order valence-corrected chi connectivity index (χ3v) is 4.69. The maximum atomic E-state index is 12.6. The summed E-state index contributed by atoms with van der Waals surface area (Å²) in [6, 6.07) is 5.88. The van der Waals surface area contributed by atoms with Crippen LogP contribution in [-0.4, -0.2) is 28.1 Å². The molecule has 0 unspecified atom stereocenters. The molecular weight excluding hydrogens is 435 g/mol. The van der Waals surface area contributed by atoms with Gasteiger partial charge in [0, 0.05) is 11.6 Å². The minimum atomic E-state index is -4.48. The summed E-state index contributed by atoms with van der Waals surface area (Å²) in [5.41, 5.74) is 12.5. The Kier molecular flexibility index (Phi) is 11.9. The molecule has 0 atom stereocenters. The number of nitrogens with zero attached hydrogens (tertiary/aromatic N) is 2. The predicted molar refractivity (Wildman–Crippen MR) is 124 cm³/mol. The van der Waals surface area contributed by atoms with Gasteiger partial charge >= 0.3 is 6.18 Å². The molecule has 1 amide bonds. The lowest BCUT2D eigenvalue weighted by Crippen LogP contribution is -2.12. The molecule has 33 heavy (non-hydrogen) atoms. The fourth-order valence-electron chi connectivity index (χ4n) is 3.05. The highest BCUT2D eigenvalue weighted by molar-refractivity contribution is 5.92. The van der Waals surface area contributed by atoms with E-state index in [-0.39, 0.29) is 11.2 Å². The summed E-state index contributed by atoms with van der Waals surface area (Å²) < 4.78 is 37.7. The number of primary amides is 1. The topological polar surface area (TPSA) is 149 Å². The van der Waals surface area contributed by atoms with Crippen molar-refractivity contribution in [2.75, 3.05) is 12.5 Å². The Morgan fingerprint density at radius 3 is 2.03 bits per heavy atom. The number of aryl methyl sites for hydroxylation is 1. The Balaban J connectivity index is 0.000000280. The van der Waals surface area contributed by atoms with Crippen LogP contribution in [0, 0.1) is 6.92 Å². The van der Waals surface area contributed by atoms with Gasteiger partial charge in [0.15, 0.2) is 0 Å². The molecule has 0 spiro atoms. The first-order chi connectivity index (χ1) is 15.7. The number of alkyl halides is 3. The molecular formula is C22H32F3N7O. The van der Waals surface area contributed by atoms with Crippen LogP contribution in [0.25, 0.3) is 10.9 Å². The lowest BCUT2D eigenvalue weighted by atomic mass is 10.0. The van der Waals surface area contributed by atoms with Gasteiger partial charge in [-0.05, 0) is 32.2 Å². The number of carbonyl (C=O) groups excluding carboxylic acids is 1. The van der Waals surface area contributed by atoms with E-state index in [0.717, 1.165) is 11.6 Å². The predicted octanol–water partition coefficient (Wildman–Crippen LogP) is 4.27. The summed E-state index contributed by atoms with van der Waals surface area (Å²) in [5.74, 6) is 4.77. The monoisotopic (exact) mass is 467 g/mol. The van der Waals surface area contributed by atoms with E-state index in [1.165, 1.54) is 58.0 Å². The number of aromatic nitrogens is 3. The molecule has 8 nitrogen and oxygen atoms in total. The first kappa shape index (κ1) is 27.9. The molecule has 4 rings (SSSR count). The molecule has 1 aromatic carbocycles. The molecule has 8 N–H and O–H groups in total. The van der Waals surface area contributed by atoms with Crippen LogP contribution in [0.15, 0.2) is 36.7 Å². The van der Waals surface area contributed by atoms with Crippen molar-refractivity contribution in [3.63, 3.8) is 0 Å². The molecule has 2 aromatic heterocycles. The summed E-state index contributed by atoms with van der Waals surface area (Å²) in [6.07, 6.45) is 7.34. The van der Waals surface area contributed by atoms with Crippen LogP contribution >= 0.6 is 0 Å². The number of carbonyl (C=O) groups is 1. The number of halogens is 3. The average Bonchev–Trinajstić information content (AvgIpc) is 3.37. The van der Waals surface area contributed by atoms with Crippen molar-refractivity contribution < 1.29 is 18.0 Å². The maximum Gasteiger partial charge on any atom is 0.433 e. The number of pyridine rings is 1. The Bertz CT molecular complexity index is 961. The number of rotatable bonds is 2. The number of hydrazine groups is 1. The summed E-state index contributed by atoms with van der Waals surface area (Å²) in [4.78, 5) is 13.8. The number of nitrogens with one attached hydrogen (secondary N) is 2. The Morgan fingerprint density at radius 2 is 1.64 bits per heavy atom. The van der Waals surface area contributed by atoms with E-state index >= 15 is 0 Å². The van der Waals surface area contributed by atoms with Gasteiger partial charge in [-0.25, -0.2) is 4.98 Å². The number of H-pyrrole nitrogens is 1. The Labute approximate surface area is 191 Å². The number of hydrogen-bond donors (Lipinski definition) is 5. The van der Waals surface area contributed by atoms with E-state index < -0.39 is 17.8 Å². The quantitative estimate of drug-likeness (QED) is 0.281. The van der Waals surface area contributed by atoms with Crippen LogP contribution in [-0.2, 0) is 6.18 Å². The molecule has 0 aliphatic heterocycles. The molecule has 1 saturated carbocycles. The van der Waals surface area contributed by atoms with Gasteiger partial charge in [-0.15, -0.1) is 0 Å². The van der Waals surface area contributed by atoms with Crippen LogP contribution in [0.2, 0.25) is 0 Å². The molecule has 11 heteroatoms. The Hall–Kier alpha value is -3.18. The molecule has 1 aliphatic carbocycles.